The molecule has 1 aromatic rings. The Morgan fingerprint density at radius 2 is 1.78 bits per heavy atom. The molecule has 0 saturated heterocycles. The highest BCUT2D eigenvalue weighted by molar-refractivity contribution is 6.25. The topological polar surface area (TPSA) is 39.4 Å². The lowest BCUT2D eigenvalue weighted by atomic mass is 9.78. The fourth-order valence-electron chi connectivity index (χ4n) is 4.25. The summed E-state index contributed by atoms with van der Waals surface area (Å²) in [5.74, 6) is 2.62. The third-order valence-corrected chi connectivity index (χ3v) is 6.30. The standard InChI is InChI=1S/C23H30ClN3/c1-2-3-4-18-5-7-19(8-6-18)9-10-21-16-26-23(27(24)17-21)22-13-11-20(15-25)12-14-22/h11-14,16,18-19H,2-10,17H2,1H3. The van der Waals surface area contributed by atoms with Crippen molar-refractivity contribution in [1.29, 1.82) is 5.26 Å². The molecular weight excluding hydrogens is 354 g/mol. The summed E-state index contributed by atoms with van der Waals surface area (Å²) in [7, 11) is 0. The van der Waals surface area contributed by atoms with Crippen molar-refractivity contribution in [3.8, 4) is 6.07 Å². The summed E-state index contributed by atoms with van der Waals surface area (Å²) in [4.78, 5) is 4.59. The van der Waals surface area contributed by atoms with Gasteiger partial charge in [0, 0.05) is 23.5 Å². The van der Waals surface area contributed by atoms with Gasteiger partial charge in [0.15, 0.2) is 5.84 Å². The molecule has 0 atom stereocenters. The van der Waals surface area contributed by atoms with Gasteiger partial charge in [0.05, 0.1) is 18.2 Å². The van der Waals surface area contributed by atoms with E-state index in [1.165, 1.54) is 56.9 Å². The molecule has 3 rings (SSSR count). The Balaban J connectivity index is 1.50. The van der Waals surface area contributed by atoms with E-state index in [2.05, 4.69) is 18.0 Å². The van der Waals surface area contributed by atoms with Crippen LogP contribution in [0.2, 0.25) is 0 Å². The molecule has 1 heterocycles. The Labute approximate surface area is 168 Å². The fraction of sp³-hybridized carbons (Fsp3) is 0.565. The van der Waals surface area contributed by atoms with E-state index in [1.807, 2.05) is 18.3 Å². The molecule has 1 aliphatic carbocycles. The second-order valence-electron chi connectivity index (χ2n) is 8.02. The molecule has 3 nitrogen and oxygen atoms in total. The lowest BCUT2D eigenvalue weighted by molar-refractivity contribution is 0.249. The molecule has 0 unspecified atom stereocenters. The van der Waals surface area contributed by atoms with Gasteiger partial charge in [-0.05, 0) is 54.5 Å². The average molecular weight is 384 g/mol. The third-order valence-electron chi connectivity index (χ3n) is 6.02. The van der Waals surface area contributed by atoms with Crippen LogP contribution < -0.4 is 0 Å². The van der Waals surface area contributed by atoms with Crippen molar-refractivity contribution in [2.75, 3.05) is 6.54 Å². The van der Waals surface area contributed by atoms with Crippen LogP contribution in [0.5, 0.6) is 0 Å². The zero-order valence-electron chi connectivity index (χ0n) is 16.3. The van der Waals surface area contributed by atoms with E-state index >= 15 is 0 Å². The maximum absolute atomic E-state index is 8.92. The highest BCUT2D eigenvalue weighted by atomic mass is 35.5. The maximum Gasteiger partial charge on any atom is 0.150 e. The average Bonchev–Trinajstić information content (AvgIpc) is 2.72. The lowest BCUT2D eigenvalue weighted by Gasteiger charge is -2.29. The van der Waals surface area contributed by atoms with Crippen LogP contribution in [-0.2, 0) is 0 Å². The molecular formula is C23H30ClN3. The largest absolute Gasteiger partial charge is 0.264 e. The van der Waals surface area contributed by atoms with Gasteiger partial charge < -0.3 is 0 Å². The zero-order chi connectivity index (χ0) is 19.1. The quantitative estimate of drug-likeness (QED) is 0.508. The Hall–Kier alpha value is -1.79. The Morgan fingerprint density at radius 1 is 1.11 bits per heavy atom. The normalized spacial score (nSPS) is 22.8. The number of nitriles is 1. The highest BCUT2D eigenvalue weighted by Crippen LogP contribution is 2.35. The Morgan fingerprint density at radius 3 is 2.37 bits per heavy atom. The van der Waals surface area contributed by atoms with Gasteiger partial charge in [0.2, 0.25) is 0 Å². The van der Waals surface area contributed by atoms with Gasteiger partial charge in [-0.1, -0.05) is 51.9 Å². The van der Waals surface area contributed by atoms with Crippen LogP contribution in [0.1, 0.15) is 75.8 Å². The van der Waals surface area contributed by atoms with E-state index in [0.29, 0.717) is 5.56 Å². The second-order valence-corrected chi connectivity index (χ2v) is 8.43. The second kappa shape index (κ2) is 9.95. The molecule has 1 fully saturated rings. The van der Waals surface area contributed by atoms with Crippen LogP contribution in [0.3, 0.4) is 0 Å². The van der Waals surface area contributed by atoms with Gasteiger partial charge >= 0.3 is 0 Å². The van der Waals surface area contributed by atoms with E-state index in [9.17, 15) is 0 Å². The highest BCUT2D eigenvalue weighted by Gasteiger charge is 2.22. The predicted molar refractivity (Wildman–Crippen MR) is 113 cm³/mol. The van der Waals surface area contributed by atoms with Gasteiger partial charge in [0.1, 0.15) is 0 Å². The smallest absolute Gasteiger partial charge is 0.150 e. The monoisotopic (exact) mass is 383 g/mol. The summed E-state index contributed by atoms with van der Waals surface area (Å²) >= 11 is 6.47. The van der Waals surface area contributed by atoms with E-state index in [4.69, 9.17) is 17.0 Å². The summed E-state index contributed by atoms with van der Waals surface area (Å²) in [6.07, 6.45) is 14.1. The van der Waals surface area contributed by atoms with Crippen molar-refractivity contribution in [2.45, 2.75) is 64.7 Å². The molecule has 1 aromatic carbocycles. The first kappa shape index (κ1) is 20.0. The van der Waals surface area contributed by atoms with Crippen LogP contribution in [-0.4, -0.2) is 16.8 Å². The Bertz CT molecular complexity index is 706. The number of aliphatic imine (C=N–C) groups is 1. The fourth-order valence-corrected chi connectivity index (χ4v) is 4.55. The minimum absolute atomic E-state index is 0.650. The molecule has 0 N–H and O–H groups in total. The molecule has 2 aliphatic rings. The molecule has 4 heteroatoms. The van der Waals surface area contributed by atoms with E-state index in [1.54, 1.807) is 16.6 Å². The number of hydrogen-bond acceptors (Lipinski definition) is 3. The minimum atomic E-state index is 0.650. The van der Waals surface area contributed by atoms with Crippen molar-refractivity contribution < 1.29 is 0 Å². The number of unbranched alkanes of at least 4 members (excludes halogenated alkanes) is 1. The van der Waals surface area contributed by atoms with Crippen molar-refractivity contribution in [3.63, 3.8) is 0 Å². The van der Waals surface area contributed by atoms with Crippen LogP contribution in [0.4, 0.5) is 0 Å². The molecule has 0 bridgehead atoms. The van der Waals surface area contributed by atoms with Crippen molar-refractivity contribution in [2.24, 2.45) is 16.8 Å². The number of hydrogen-bond donors (Lipinski definition) is 0. The van der Waals surface area contributed by atoms with Crippen LogP contribution in [0, 0.1) is 23.2 Å². The lowest BCUT2D eigenvalue weighted by Crippen LogP contribution is -2.27. The summed E-state index contributed by atoms with van der Waals surface area (Å²) < 4.78 is 1.71. The molecule has 0 amide bonds. The van der Waals surface area contributed by atoms with Crippen LogP contribution >= 0.6 is 11.8 Å². The summed E-state index contributed by atoms with van der Waals surface area (Å²) in [6.45, 7) is 3.02. The van der Waals surface area contributed by atoms with Crippen LogP contribution in [0.25, 0.3) is 0 Å². The van der Waals surface area contributed by atoms with E-state index in [-0.39, 0.29) is 0 Å². The molecule has 27 heavy (non-hydrogen) atoms. The van der Waals surface area contributed by atoms with Crippen molar-refractivity contribution >= 4 is 17.6 Å². The van der Waals surface area contributed by atoms with Gasteiger partial charge in [-0.25, -0.2) is 4.99 Å². The van der Waals surface area contributed by atoms with Gasteiger partial charge in [0.25, 0.3) is 0 Å². The first-order valence-corrected chi connectivity index (χ1v) is 10.7. The molecule has 1 aliphatic heterocycles. The van der Waals surface area contributed by atoms with Crippen molar-refractivity contribution in [3.05, 3.63) is 47.2 Å². The molecule has 144 valence electrons. The number of nitrogens with zero attached hydrogens (tertiary/aromatic N) is 3. The third kappa shape index (κ3) is 5.59. The molecule has 0 spiro atoms. The summed E-state index contributed by atoms with van der Waals surface area (Å²) in [6, 6.07) is 9.56. The first-order chi connectivity index (χ1) is 13.2. The summed E-state index contributed by atoms with van der Waals surface area (Å²) in [5.41, 5.74) is 2.91. The molecule has 0 radical (unpaired) electrons. The number of amidine groups is 1. The predicted octanol–water partition coefficient (Wildman–Crippen LogP) is 6.43. The number of benzene rings is 1. The van der Waals surface area contributed by atoms with Gasteiger partial charge in [-0.2, -0.15) is 5.26 Å². The zero-order valence-corrected chi connectivity index (χ0v) is 17.1. The van der Waals surface area contributed by atoms with Gasteiger partial charge in [-0.15, -0.1) is 0 Å². The molecule has 1 saturated carbocycles. The number of halogens is 1. The molecule has 0 aromatic heterocycles. The number of rotatable bonds is 7. The van der Waals surface area contributed by atoms with Crippen molar-refractivity contribution in [1.82, 2.24) is 4.42 Å². The summed E-state index contributed by atoms with van der Waals surface area (Å²) in [5, 5.41) is 8.92. The van der Waals surface area contributed by atoms with E-state index in [0.717, 1.165) is 36.2 Å². The first-order valence-electron chi connectivity index (χ1n) is 10.4. The van der Waals surface area contributed by atoms with Crippen LogP contribution in [0.15, 0.2) is 41.0 Å². The Kier molecular flexibility index (Phi) is 7.35. The maximum atomic E-state index is 8.92. The van der Waals surface area contributed by atoms with E-state index < -0.39 is 0 Å². The minimum Gasteiger partial charge on any atom is -0.264 e. The van der Waals surface area contributed by atoms with Gasteiger partial charge in [-0.3, -0.25) is 4.42 Å². The SMILES string of the molecule is CCCCC1CCC(CCC2=CN=C(c3ccc(C#N)cc3)N(Cl)C2)CC1.